The Labute approximate surface area is 123 Å². The van der Waals surface area contributed by atoms with Gasteiger partial charge in [-0.25, -0.2) is 4.98 Å². The summed E-state index contributed by atoms with van der Waals surface area (Å²) in [6.45, 7) is 3.88. The summed E-state index contributed by atoms with van der Waals surface area (Å²) in [5, 5.41) is 8.65. The van der Waals surface area contributed by atoms with Crippen molar-refractivity contribution in [2.45, 2.75) is 32.2 Å². The van der Waals surface area contributed by atoms with E-state index in [9.17, 15) is 4.79 Å². The number of aromatic nitrogens is 5. The monoisotopic (exact) mass is 288 g/mol. The summed E-state index contributed by atoms with van der Waals surface area (Å²) in [5.41, 5.74) is 0. The number of hydrogen-bond acceptors (Lipinski definition) is 4. The highest BCUT2D eigenvalue weighted by atomic mass is 16.2. The molecule has 0 radical (unpaired) electrons. The minimum atomic E-state index is 0.139. The summed E-state index contributed by atoms with van der Waals surface area (Å²) in [4.78, 5) is 17.5. The molecule has 0 saturated carbocycles. The van der Waals surface area contributed by atoms with Crippen molar-refractivity contribution in [3.63, 3.8) is 0 Å². The average Bonchev–Trinajstić information content (AvgIpc) is 3.11. The number of imidazole rings is 1. The van der Waals surface area contributed by atoms with Gasteiger partial charge in [0, 0.05) is 45.4 Å². The van der Waals surface area contributed by atoms with Gasteiger partial charge in [0.1, 0.15) is 5.82 Å². The first-order valence-corrected chi connectivity index (χ1v) is 7.24. The Morgan fingerprint density at radius 1 is 1.43 bits per heavy atom. The molecule has 1 saturated heterocycles. The van der Waals surface area contributed by atoms with E-state index < -0.39 is 0 Å². The summed E-state index contributed by atoms with van der Waals surface area (Å²) in [6, 6.07) is 0. The van der Waals surface area contributed by atoms with Crippen molar-refractivity contribution in [3.05, 3.63) is 30.4 Å². The van der Waals surface area contributed by atoms with Gasteiger partial charge in [0.25, 0.3) is 0 Å². The highest BCUT2D eigenvalue weighted by Crippen LogP contribution is 2.25. The quantitative estimate of drug-likeness (QED) is 0.837. The molecular formula is C14H20N6O. The van der Waals surface area contributed by atoms with Crippen LogP contribution in [0.5, 0.6) is 0 Å². The van der Waals surface area contributed by atoms with Crippen LogP contribution in [0.4, 0.5) is 0 Å². The zero-order valence-electron chi connectivity index (χ0n) is 12.4. The Morgan fingerprint density at radius 2 is 2.29 bits per heavy atom. The molecule has 0 bridgehead atoms. The minimum absolute atomic E-state index is 0.139. The van der Waals surface area contributed by atoms with Crippen LogP contribution in [-0.4, -0.2) is 48.2 Å². The van der Waals surface area contributed by atoms with Gasteiger partial charge in [0.15, 0.2) is 5.82 Å². The molecule has 0 aliphatic carbocycles. The van der Waals surface area contributed by atoms with Gasteiger partial charge < -0.3 is 14.0 Å². The number of carbonyl (C=O) groups excluding carboxylic acids is 1. The van der Waals surface area contributed by atoms with E-state index in [2.05, 4.69) is 15.2 Å². The van der Waals surface area contributed by atoms with E-state index in [1.54, 1.807) is 19.4 Å². The van der Waals surface area contributed by atoms with Gasteiger partial charge in [-0.3, -0.25) is 4.79 Å². The van der Waals surface area contributed by atoms with E-state index in [1.165, 1.54) is 0 Å². The van der Waals surface area contributed by atoms with Crippen LogP contribution in [-0.2, 0) is 18.4 Å². The van der Waals surface area contributed by atoms with Crippen LogP contribution in [0.1, 0.15) is 37.3 Å². The topological polar surface area (TPSA) is 68.8 Å². The van der Waals surface area contributed by atoms with Crippen LogP contribution in [0.3, 0.4) is 0 Å². The minimum Gasteiger partial charge on any atom is -0.342 e. The first kappa shape index (κ1) is 13.8. The summed E-state index contributed by atoms with van der Waals surface area (Å²) < 4.78 is 4.02. The highest BCUT2D eigenvalue weighted by Gasteiger charge is 2.26. The van der Waals surface area contributed by atoms with Gasteiger partial charge in [0.05, 0.1) is 12.9 Å². The molecule has 0 N–H and O–H groups in total. The lowest BCUT2D eigenvalue weighted by Crippen LogP contribution is -2.38. The number of piperidine rings is 1. The van der Waals surface area contributed by atoms with Crippen molar-refractivity contribution in [1.29, 1.82) is 0 Å². The lowest BCUT2D eigenvalue weighted by atomic mass is 9.97. The SMILES string of the molecule is CC(=O)N1CCC[C@H](c2nnc(Cn3ccnc3)n2C)C1. The normalized spacial score (nSPS) is 19.0. The molecule has 2 aromatic heterocycles. The first-order chi connectivity index (χ1) is 10.1. The number of hydrogen-bond donors (Lipinski definition) is 0. The second-order valence-corrected chi connectivity index (χ2v) is 5.57. The van der Waals surface area contributed by atoms with Gasteiger partial charge in [0.2, 0.25) is 5.91 Å². The number of rotatable bonds is 3. The molecule has 1 aliphatic heterocycles. The van der Waals surface area contributed by atoms with E-state index >= 15 is 0 Å². The summed E-state index contributed by atoms with van der Waals surface area (Å²) >= 11 is 0. The van der Waals surface area contributed by atoms with E-state index in [1.807, 2.05) is 27.3 Å². The predicted octanol–water partition coefficient (Wildman–Crippen LogP) is 0.786. The maximum atomic E-state index is 11.6. The molecule has 1 fully saturated rings. The summed E-state index contributed by atoms with van der Waals surface area (Å²) in [6.07, 6.45) is 7.51. The van der Waals surface area contributed by atoms with Crippen molar-refractivity contribution in [3.8, 4) is 0 Å². The molecule has 21 heavy (non-hydrogen) atoms. The Morgan fingerprint density at radius 3 is 3.00 bits per heavy atom. The third kappa shape index (κ3) is 2.81. The molecule has 1 atom stereocenters. The Kier molecular flexibility index (Phi) is 3.72. The van der Waals surface area contributed by atoms with Gasteiger partial charge in [-0.1, -0.05) is 0 Å². The number of likely N-dealkylation sites (tertiary alicyclic amines) is 1. The smallest absolute Gasteiger partial charge is 0.219 e. The number of carbonyl (C=O) groups is 1. The maximum Gasteiger partial charge on any atom is 0.219 e. The fourth-order valence-corrected chi connectivity index (χ4v) is 2.89. The molecule has 7 heteroatoms. The third-order valence-electron chi connectivity index (χ3n) is 4.11. The second-order valence-electron chi connectivity index (χ2n) is 5.57. The molecule has 0 aromatic carbocycles. The van der Waals surface area contributed by atoms with Crippen LogP contribution in [0.2, 0.25) is 0 Å². The molecular weight excluding hydrogens is 268 g/mol. The second kappa shape index (κ2) is 5.67. The predicted molar refractivity (Wildman–Crippen MR) is 76.6 cm³/mol. The molecule has 7 nitrogen and oxygen atoms in total. The van der Waals surface area contributed by atoms with Gasteiger partial charge in [-0.2, -0.15) is 0 Å². The van der Waals surface area contributed by atoms with Gasteiger partial charge in [-0.05, 0) is 12.8 Å². The fourth-order valence-electron chi connectivity index (χ4n) is 2.89. The Bertz CT molecular complexity index is 617. The zero-order chi connectivity index (χ0) is 14.8. The summed E-state index contributed by atoms with van der Waals surface area (Å²) in [5.74, 6) is 2.29. The van der Waals surface area contributed by atoms with Crippen LogP contribution in [0.15, 0.2) is 18.7 Å². The molecule has 1 aliphatic rings. The van der Waals surface area contributed by atoms with E-state index in [0.717, 1.165) is 37.6 Å². The summed E-state index contributed by atoms with van der Waals surface area (Å²) in [7, 11) is 1.99. The van der Waals surface area contributed by atoms with Crippen molar-refractivity contribution < 1.29 is 4.79 Å². The average molecular weight is 288 g/mol. The van der Waals surface area contributed by atoms with Crippen LogP contribution in [0, 0.1) is 0 Å². The van der Waals surface area contributed by atoms with E-state index in [4.69, 9.17) is 0 Å². The van der Waals surface area contributed by atoms with Crippen molar-refractivity contribution in [1.82, 2.24) is 29.2 Å². The zero-order valence-corrected chi connectivity index (χ0v) is 12.4. The van der Waals surface area contributed by atoms with Crippen molar-refractivity contribution >= 4 is 5.91 Å². The van der Waals surface area contributed by atoms with Crippen molar-refractivity contribution in [2.24, 2.45) is 7.05 Å². The van der Waals surface area contributed by atoms with Crippen molar-refractivity contribution in [2.75, 3.05) is 13.1 Å². The Balaban J connectivity index is 1.77. The van der Waals surface area contributed by atoms with E-state index in [-0.39, 0.29) is 11.8 Å². The molecule has 3 heterocycles. The third-order valence-corrected chi connectivity index (χ3v) is 4.11. The Hall–Kier alpha value is -2.18. The van der Waals surface area contributed by atoms with Crippen LogP contribution >= 0.6 is 0 Å². The maximum absolute atomic E-state index is 11.6. The van der Waals surface area contributed by atoms with Crippen LogP contribution in [0.25, 0.3) is 0 Å². The molecule has 0 spiro atoms. The molecule has 3 rings (SSSR count). The highest BCUT2D eigenvalue weighted by molar-refractivity contribution is 5.73. The van der Waals surface area contributed by atoms with Crippen LogP contribution < -0.4 is 0 Å². The lowest BCUT2D eigenvalue weighted by molar-refractivity contribution is -0.130. The number of amides is 1. The lowest BCUT2D eigenvalue weighted by Gasteiger charge is -2.31. The van der Waals surface area contributed by atoms with Gasteiger partial charge in [-0.15, -0.1) is 10.2 Å². The molecule has 0 unspecified atom stereocenters. The fraction of sp³-hybridized carbons (Fsp3) is 0.571. The molecule has 2 aromatic rings. The molecule has 112 valence electrons. The van der Waals surface area contributed by atoms with E-state index in [0.29, 0.717) is 6.54 Å². The molecule has 1 amide bonds. The largest absolute Gasteiger partial charge is 0.342 e. The standard InChI is InChI=1S/C14H20N6O/c1-11(21)20-6-3-4-12(8-20)14-17-16-13(18(14)2)9-19-7-5-15-10-19/h5,7,10,12H,3-4,6,8-9H2,1-2H3/t12-/m0/s1. The first-order valence-electron chi connectivity index (χ1n) is 7.24. The number of nitrogens with zero attached hydrogens (tertiary/aromatic N) is 6. The van der Waals surface area contributed by atoms with Gasteiger partial charge >= 0.3 is 0 Å².